The monoisotopic (exact) mass is 349 g/mol. The first-order valence-corrected chi connectivity index (χ1v) is 8.99. The maximum atomic E-state index is 12.5. The fourth-order valence-electron chi connectivity index (χ4n) is 3.36. The molecule has 0 N–H and O–H groups in total. The highest BCUT2D eigenvalue weighted by Gasteiger charge is 2.45. The van der Waals surface area contributed by atoms with Crippen molar-refractivity contribution in [3.8, 4) is 5.75 Å². The van der Waals surface area contributed by atoms with E-state index in [4.69, 9.17) is 9.47 Å². The second-order valence-corrected chi connectivity index (χ2v) is 7.96. The summed E-state index contributed by atoms with van der Waals surface area (Å²) in [6.45, 7) is 9.46. The van der Waals surface area contributed by atoms with Crippen LogP contribution < -0.4 is 4.74 Å². The highest BCUT2D eigenvalue weighted by Crippen LogP contribution is 2.39. The number of carbonyl (C=O) groups is 2. The molecule has 1 saturated heterocycles. The standard InChI is InChI=1S/C18H27N3O4/c1-5-8-21-12-14-15(19-21)13(22)11-18(24-14)6-9-20(10-7-18)16(23)25-17(2,3)4/h12H,5-11H2,1-4H3. The molecule has 2 aliphatic heterocycles. The Morgan fingerprint density at radius 1 is 1.36 bits per heavy atom. The van der Waals surface area contributed by atoms with Crippen LogP contribution in [0.3, 0.4) is 0 Å². The zero-order chi connectivity index (χ0) is 18.2. The molecule has 0 aliphatic carbocycles. The summed E-state index contributed by atoms with van der Waals surface area (Å²) < 4.78 is 13.4. The van der Waals surface area contributed by atoms with Crippen LogP contribution in [-0.4, -0.2) is 50.8 Å². The van der Waals surface area contributed by atoms with Gasteiger partial charge in [-0.2, -0.15) is 5.10 Å². The maximum Gasteiger partial charge on any atom is 0.410 e. The van der Waals surface area contributed by atoms with Gasteiger partial charge in [-0.05, 0) is 27.2 Å². The lowest BCUT2D eigenvalue weighted by Gasteiger charge is -2.43. The van der Waals surface area contributed by atoms with Crippen LogP contribution in [0.15, 0.2) is 6.20 Å². The SMILES string of the molecule is CCCn1cc2c(n1)C(=O)CC1(CCN(C(=O)OC(C)(C)C)CC1)O2. The second-order valence-electron chi connectivity index (χ2n) is 7.96. The Labute approximate surface area is 148 Å². The average molecular weight is 349 g/mol. The molecular weight excluding hydrogens is 322 g/mol. The molecule has 3 heterocycles. The lowest BCUT2D eigenvalue weighted by molar-refractivity contribution is -0.0226. The Balaban J connectivity index is 1.67. The molecule has 7 heteroatoms. The van der Waals surface area contributed by atoms with E-state index < -0.39 is 11.2 Å². The molecule has 1 fully saturated rings. The molecule has 138 valence electrons. The molecule has 1 spiro atoms. The fraction of sp³-hybridized carbons (Fsp3) is 0.722. The molecule has 0 atom stereocenters. The van der Waals surface area contributed by atoms with E-state index in [1.54, 1.807) is 9.58 Å². The number of hydrogen-bond donors (Lipinski definition) is 0. The van der Waals surface area contributed by atoms with Crippen molar-refractivity contribution in [2.45, 2.75) is 71.1 Å². The minimum Gasteiger partial charge on any atom is -0.483 e. The van der Waals surface area contributed by atoms with Gasteiger partial charge in [-0.1, -0.05) is 6.92 Å². The third kappa shape index (κ3) is 3.80. The first kappa shape index (κ1) is 17.8. The van der Waals surface area contributed by atoms with Crippen LogP contribution in [-0.2, 0) is 11.3 Å². The Morgan fingerprint density at radius 3 is 2.64 bits per heavy atom. The highest BCUT2D eigenvalue weighted by atomic mass is 16.6. The van der Waals surface area contributed by atoms with Crippen molar-refractivity contribution >= 4 is 11.9 Å². The van der Waals surface area contributed by atoms with Crippen LogP contribution >= 0.6 is 0 Å². The topological polar surface area (TPSA) is 73.7 Å². The van der Waals surface area contributed by atoms with Gasteiger partial charge >= 0.3 is 6.09 Å². The largest absolute Gasteiger partial charge is 0.483 e. The molecule has 2 aliphatic rings. The minimum absolute atomic E-state index is 0.0295. The number of Topliss-reactive ketones (excluding diaryl/α,β-unsaturated/α-hetero) is 1. The molecular formula is C18H27N3O4. The zero-order valence-corrected chi connectivity index (χ0v) is 15.5. The highest BCUT2D eigenvalue weighted by molar-refractivity contribution is 5.98. The van der Waals surface area contributed by atoms with Gasteiger partial charge in [-0.15, -0.1) is 0 Å². The van der Waals surface area contributed by atoms with E-state index in [-0.39, 0.29) is 11.9 Å². The molecule has 1 amide bonds. The molecule has 1 aromatic rings. The lowest BCUT2D eigenvalue weighted by atomic mass is 9.84. The molecule has 0 saturated carbocycles. The Hall–Kier alpha value is -2.05. The maximum absolute atomic E-state index is 12.5. The number of ether oxygens (including phenoxy) is 2. The molecule has 0 bridgehead atoms. The Kier molecular flexibility index (Phi) is 4.51. The number of fused-ring (bicyclic) bond motifs is 1. The van der Waals surface area contributed by atoms with E-state index in [1.807, 2.05) is 27.0 Å². The number of aromatic nitrogens is 2. The summed E-state index contributed by atoms with van der Waals surface area (Å²) in [4.78, 5) is 26.4. The minimum atomic E-state index is -0.525. The van der Waals surface area contributed by atoms with Gasteiger partial charge in [0.05, 0.1) is 12.6 Å². The number of likely N-dealkylation sites (tertiary alicyclic amines) is 1. The lowest BCUT2D eigenvalue weighted by Crippen LogP contribution is -2.52. The summed E-state index contributed by atoms with van der Waals surface area (Å²) in [5, 5.41) is 4.34. The fourth-order valence-corrected chi connectivity index (χ4v) is 3.36. The summed E-state index contributed by atoms with van der Waals surface area (Å²) >= 11 is 0. The van der Waals surface area contributed by atoms with Crippen LogP contribution in [0.25, 0.3) is 0 Å². The predicted molar refractivity (Wildman–Crippen MR) is 91.9 cm³/mol. The molecule has 0 aromatic carbocycles. The third-order valence-corrected chi connectivity index (χ3v) is 4.58. The average Bonchev–Trinajstić information content (AvgIpc) is 2.89. The van der Waals surface area contributed by atoms with Crippen molar-refractivity contribution in [3.63, 3.8) is 0 Å². The summed E-state index contributed by atoms with van der Waals surface area (Å²) in [5.74, 6) is 0.609. The predicted octanol–water partition coefficient (Wildman–Crippen LogP) is 3.03. The van der Waals surface area contributed by atoms with Crippen molar-refractivity contribution in [1.29, 1.82) is 0 Å². The summed E-state index contributed by atoms with van der Waals surface area (Å²) in [7, 11) is 0. The van der Waals surface area contributed by atoms with E-state index in [2.05, 4.69) is 12.0 Å². The normalized spacial score (nSPS) is 19.5. The van der Waals surface area contributed by atoms with Gasteiger partial charge in [0.1, 0.15) is 11.2 Å². The van der Waals surface area contributed by atoms with E-state index in [0.29, 0.717) is 43.8 Å². The number of aryl methyl sites for hydroxylation is 1. The van der Waals surface area contributed by atoms with Gasteiger partial charge in [-0.3, -0.25) is 9.48 Å². The number of piperidine rings is 1. The van der Waals surface area contributed by atoms with E-state index >= 15 is 0 Å². The van der Waals surface area contributed by atoms with Crippen LogP contribution in [0.2, 0.25) is 0 Å². The van der Waals surface area contributed by atoms with Crippen LogP contribution in [0.4, 0.5) is 4.79 Å². The second kappa shape index (κ2) is 6.35. The summed E-state index contributed by atoms with van der Waals surface area (Å²) in [6, 6.07) is 0. The molecule has 3 rings (SSSR count). The summed E-state index contributed by atoms with van der Waals surface area (Å²) in [5.41, 5.74) is -0.594. The van der Waals surface area contributed by atoms with Crippen molar-refractivity contribution in [3.05, 3.63) is 11.9 Å². The van der Waals surface area contributed by atoms with E-state index in [9.17, 15) is 9.59 Å². The molecule has 7 nitrogen and oxygen atoms in total. The van der Waals surface area contributed by atoms with Gasteiger partial charge < -0.3 is 14.4 Å². The first-order valence-electron chi connectivity index (χ1n) is 8.99. The Morgan fingerprint density at radius 2 is 2.04 bits per heavy atom. The van der Waals surface area contributed by atoms with Gasteiger partial charge in [0, 0.05) is 32.5 Å². The number of ketones is 1. The van der Waals surface area contributed by atoms with Gasteiger partial charge in [0.15, 0.2) is 17.2 Å². The molecule has 25 heavy (non-hydrogen) atoms. The van der Waals surface area contributed by atoms with Crippen molar-refractivity contribution < 1.29 is 19.1 Å². The van der Waals surface area contributed by atoms with Gasteiger partial charge in [0.2, 0.25) is 0 Å². The summed E-state index contributed by atoms with van der Waals surface area (Å²) in [6.07, 6.45) is 4.03. The van der Waals surface area contributed by atoms with E-state index in [0.717, 1.165) is 13.0 Å². The van der Waals surface area contributed by atoms with Crippen LogP contribution in [0.5, 0.6) is 5.75 Å². The quantitative estimate of drug-likeness (QED) is 0.820. The van der Waals surface area contributed by atoms with Crippen molar-refractivity contribution in [2.24, 2.45) is 0 Å². The van der Waals surface area contributed by atoms with Crippen LogP contribution in [0, 0.1) is 0 Å². The van der Waals surface area contributed by atoms with Crippen molar-refractivity contribution in [1.82, 2.24) is 14.7 Å². The smallest absolute Gasteiger partial charge is 0.410 e. The number of hydrogen-bond acceptors (Lipinski definition) is 5. The molecule has 0 unspecified atom stereocenters. The number of nitrogens with zero attached hydrogens (tertiary/aromatic N) is 3. The molecule has 0 radical (unpaired) electrons. The van der Waals surface area contributed by atoms with E-state index in [1.165, 1.54) is 0 Å². The number of rotatable bonds is 2. The Bertz CT molecular complexity index is 666. The molecule has 1 aromatic heterocycles. The zero-order valence-electron chi connectivity index (χ0n) is 15.5. The van der Waals surface area contributed by atoms with Gasteiger partial charge in [0.25, 0.3) is 0 Å². The van der Waals surface area contributed by atoms with Crippen LogP contribution in [0.1, 0.15) is 63.9 Å². The van der Waals surface area contributed by atoms with Crippen molar-refractivity contribution in [2.75, 3.05) is 13.1 Å². The number of carbonyl (C=O) groups excluding carboxylic acids is 2. The van der Waals surface area contributed by atoms with Gasteiger partial charge in [-0.25, -0.2) is 4.79 Å². The number of amides is 1. The third-order valence-electron chi connectivity index (χ3n) is 4.58. The first-order chi connectivity index (χ1) is 11.7.